The molecule has 39 heavy (non-hydrogen) atoms. The number of rotatable bonds is 4. The van der Waals surface area contributed by atoms with E-state index in [1.807, 2.05) is 12.1 Å². The summed E-state index contributed by atoms with van der Waals surface area (Å²) >= 11 is 0. The van der Waals surface area contributed by atoms with Crippen LogP contribution < -0.4 is 0 Å². The molecule has 0 saturated carbocycles. The van der Waals surface area contributed by atoms with Crippen LogP contribution in [-0.4, -0.2) is 0 Å². The first-order chi connectivity index (χ1) is 18.9. The van der Waals surface area contributed by atoms with Crippen molar-refractivity contribution < 1.29 is 32.7 Å². The average Bonchev–Trinajstić information content (AvgIpc) is 3.01. The maximum Gasteiger partial charge on any atom is 0 e. The van der Waals surface area contributed by atoms with Gasteiger partial charge in [0.05, 0.1) is 0 Å². The molecule has 0 nitrogen and oxygen atoms in total. The van der Waals surface area contributed by atoms with Gasteiger partial charge in [0.2, 0.25) is 0 Å². The molecule has 0 saturated heterocycles. The fourth-order valence-electron chi connectivity index (χ4n) is 5.56. The number of hydrogen-bond donors (Lipinski definition) is 0. The Morgan fingerprint density at radius 3 is 1.23 bits per heavy atom. The molecule has 1 radical (unpaired) electrons. The van der Waals surface area contributed by atoms with E-state index in [-0.39, 0.29) is 32.7 Å². The first-order valence-corrected chi connectivity index (χ1v) is 13.0. The van der Waals surface area contributed by atoms with Gasteiger partial charge >= 0.3 is 0 Å². The molecule has 0 spiro atoms. The van der Waals surface area contributed by atoms with E-state index in [0.29, 0.717) is 0 Å². The molecule has 0 N–H and O–H groups in total. The van der Waals surface area contributed by atoms with Crippen molar-refractivity contribution >= 4 is 21.5 Å². The Labute approximate surface area is 254 Å². The normalized spacial score (nSPS) is 10.9. The summed E-state index contributed by atoms with van der Waals surface area (Å²) in [6, 6.07) is 58.5. The molecular weight excluding hydrogens is 545 g/mol. The molecule has 0 aliphatic rings. The maximum absolute atomic E-state index is 3.48. The third-order valence-corrected chi connectivity index (χ3v) is 7.28. The first-order valence-electron chi connectivity index (χ1n) is 13.0. The molecule has 1 heteroatoms. The predicted molar refractivity (Wildman–Crippen MR) is 161 cm³/mol. The van der Waals surface area contributed by atoms with Gasteiger partial charge < -0.3 is 0 Å². The zero-order valence-corrected chi connectivity index (χ0v) is 24.3. The third kappa shape index (κ3) is 4.76. The second kappa shape index (κ2) is 11.1. The summed E-state index contributed by atoms with van der Waals surface area (Å²) in [5, 5.41) is 5.03. The van der Waals surface area contributed by atoms with E-state index in [1.54, 1.807) is 0 Å². The Kier molecular flexibility index (Phi) is 7.25. The van der Waals surface area contributed by atoms with E-state index < -0.39 is 0 Å². The summed E-state index contributed by atoms with van der Waals surface area (Å²) in [5.41, 5.74) is 9.43. The standard InChI is InChI=1S/C38H24.Y/c1-3-13-27(14-4-1)29-17-11-18-30(25-29)31-19-12-20-32(26-31)38-35-23-9-7-21-33(35)37(28-15-5-2-6-16-28)34-22-8-10-24-36(34)38;/h1-17,20-26H;/q-2;. The van der Waals surface area contributed by atoms with Crippen LogP contribution in [0.5, 0.6) is 0 Å². The Balaban J connectivity index is 0.00000277. The molecule has 0 aliphatic heterocycles. The van der Waals surface area contributed by atoms with Gasteiger partial charge in [0.15, 0.2) is 0 Å². The minimum Gasteiger partial charge on any atom is -0.226 e. The topological polar surface area (TPSA) is 0 Å². The molecule has 0 fully saturated rings. The van der Waals surface area contributed by atoms with Crippen molar-refractivity contribution in [2.45, 2.75) is 0 Å². The molecule has 0 heterocycles. The average molecular weight is 570 g/mol. The van der Waals surface area contributed by atoms with E-state index in [1.165, 1.54) is 54.9 Å². The van der Waals surface area contributed by atoms with Gasteiger partial charge in [-0.05, 0) is 43.8 Å². The predicted octanol–water partition coefficient (Wildman–Crippen LogP) is 10.3. The number of fused-ring (bicyclic) bond motifs is 2. The van der Waals surface area contributed by atoms with Crippen molar-refractivity contribution in [3.63, 3.8) is 0 Å². The summed E-state index contributed by atoms with van der Waals surface area (Å²) in [6.45, 7) is 0. The summed E-state index contributed by atoms with van der Waals surface area (Å²) in [4.78, 5) is 0. The second-order valence-corrected chi connectivity index (χ2v) is 9.56. The van der Waals surface area contributed by atoms with Crippen LogP contribution in [-0.2, 0) is 32.7 Å². The molecule has 0 aromatic heterocycles. The van der Waals surface area contributed by atoms with Crippen LogP contribution in [0.25, 0.3) is 66.1 Å². The fraction of sp³-hybridized carbons (Fsp3) is 0. The fourth-order valence-corrected chi connectivity index (χ4v) is 5.56. The SMILES string of the molecule is [Y].[c-]1ccc(-c2ccccc2)cc1-c1[c-]ccc(-c2c3ccccc3c(-c3ccccc3)c3ccccc23)c1. The molecule has 0 aliphatic carbocycles. The van der Waals surface area contributed by atoms with E-state index in [0.717, 1.165) is 11.1 Å². The van der Waals surface area contributed by atoms with Crippen molar-refractivity contribution in [2.24, 2.45) is 0 Å². The van der Waals surface area contributed by atoms with Gasteiger partial charge in [-0.1, -0.05) is 109 Å². The minimum absolute atomic E-state index is 0. The van der Waals surface area contributed by atoms with Gasteiger partial charge in [0.1, 0.15) is 0 Å². The monoisotopic (exact) mass is 569 g/mol. The zero-order chi connectivity index (χ0) is 25.3. The van der Waals surface area contributed by atoms with Gasteiger partial charge in [-0.3, -0.25) is 0 Å². The molecular formula is C38H24Y-2. The summed E-state index contributed by atoms with van der Waals surface area (Å²) in [6.07, 6.45) is 0. The quantitative estimate of drug-likeness (QED) is 0.146. The van der Waals surface area contributed by atoms with Gasteiger partial charge in [-0.15, -0.1) is 23.3 Å². The van der Waals surface area contributed by atoms with E-state index in [9.17, 15) is 0 Å². The van der Waals surface area contributed by atoms with Crippen molar-refractivity contribution in [3.05, 3.63) is 158 Å². The van der Waals surface area contributed by atoms with Crippen LogP contribution in [0.4, 0.5) is 0 Å². The Bertz CT molecular complexity index is 1850. The smallest absolute Gasteiger partial charge is 0 e. The molecule has 0 bridgehead atoms. The van der Waals surface area contributed by atoms with Crippen LogP contribution in [0.3, 0.4) is 0 Å². The van der Waals surface area contributed by atoms with Crippen molar-refractivity contribution in [1.82, 2.24) is 0 Å². The zero-order valence-electron chi connectivity index (χ0n) is 21.4. The van der Waals surface area contributed by atoms with Crippen molar-refractivity contribution in [3.8, 4) is 44.5 Å². The summed E-state index contributed by atoms with van der Waals surface area (Å²) in [7, 11) is 0. The molecule has 7 aromatic carbocycles. The number of benzene rings is 7. The molecule has 181 valence electrons. The van der Waals surface area contributed by atoms with E-state index >= 15 is 0 Å². The van der Waals surface area contributed by atoms with Crippen LogP contribution >= 0.6 is 0 Å². The van der Waals surface area contributed by atoms with Crippen molar-refractivity contribution in [1.29, 1.82) is 0 Å². The van der Waals surface area contributed by atoms with Crippen LogP contribution in [0.1, 0.15) is 0 Å². The molecule has 0 atom stereocenters. The summed E-state index contributed by atoms with van der Waals surface area (Å²) in [5.74, 6) is 0. The van der Waals surface area contributed by atoms with Gasteiger partial charge in [0, 0.05) is 32.7 Å². The first kappa shape index (κ1) is 25.4. The maximum atomic E-state index is 3.48. The Hall–Kier alpha value is -3.84. The van der Waals surface area contributed by atoms with Crippen LogP contribution in [0.15, 0.2) is 146 Å². The van der Waals surface area contributed by atoms with Gasteiger partial charge in [-0.25, -0.2) is 11.1 Å². The third-order valence-electron chi connectivity index (χ3n) is 7.28. The second-order valence-electron chi connectivity index (χ2n) is 9.56. The largest absolute Gasteiger partial charge is 0.226 e. The van der Waals surface area contributed by atoms with Crippen LogP contribution in [0.2, 0.25) is 0 Å². The summed E-state index contributed by atoms with van der Waals surface area (Å²) < 4.78 is 0. The Morgan fingerprint density at radius 1 is 0.333 bits per heavy atom. The molecule has 7 aromatic rings. The van der Waals surface area contributed by atoms with Gasteiger partial charge in [-0.2, -0.15) is 36.4 Å². The van der Waals surface area contributed by atoms with E-state index in [4.69, 9.17) is 0 Å². The minimum atomic E-state index is 0. The Morgan fingerprint density at radius 2 is 0.718 bits per heavy atom. The molecule has 7 rings (SSSR count). The number of hydrogen-bond acceptors (Lipinski definition) is 0. The van der Waals surface area contributed by atoms with Crippen LogP contribution in [0, 0.1) is 12.1 Å². The van der Waals surface area contributed by atoms with Gasteiger partial charge in [0.25, 0.3) is 0 Å². The van der Waals surface area contributed by atoms with Crippen molar-refractivity contribution in [2.75, 3.05) is 0 Å². The molecule has 0 unspecified atom stereocenters. The molecule has 0 amide bonds. The van der Waals surface area contributed by atoms with E-state index in [2.05, 4.69) is 146 Å².